The lowest BCUT2D eigenvalue weighted by Crippen LogP contribution is -2.38. The van der Waals surface area contributed by atoms with Gasteiger partial charge in [0.1, 0.15) is 0 Å². The third-order valence-electron chi connectivity index (χ3n) is 5.95. The van der Waals surface area contributed by atoms with Gasteiger partial charge >= 0.3 is 0 Å². The highest BCUT2D eigenvalue weighted by atomic mass is 32.2. The Kier molecular flexibility index (Phi) is 6.85. The number of carbonyl (C=O) groups excluding carboxylic acids is 1. The van der Waals surface area contributed by atoms with E-state index in [4.69, 9.17) is 9.47 Å². The number of nitrogens with zero attached hydrogens (tertiary/aromatic N) is 1. The van der Waals surface area contributed by atoms with Crippen molar-refractivity contribution < 1.29 is 22.7 Å². The lowest BCUT2D eigenvalue weighted by molar-refractivity contribution is 0.0953. The zero-order valence-electron chi connectivity index (χ0n) is 18.8. The van der Waals surface area contributed by atoms with Crippen LogP contribution in [0.1, 0.15) is 27.9 Å². The molecule has 0 radical (unpaired) electrons. The van der Waals surface area contributed by atoms with E-state index in [1.165, 1.54) is 4.31 Å². The maximum absolute atomic E-state index is 12.9. The van der Waals surface area contributed by atoms with Gasteiger partial charge in [0.05, 0.1) is 20.0 Å². The van der Waals surface area contributed by atoms with Crippen molar-refractivity contribution in [2.75, 3.05) is 33.1 Å². The van der Waals surface area contributed by atoms with Gasteiger partial charge in [0.25, 0.3) is 5.91 Å². The average molecular weight is 469 g/mol. The summed E-state index contributed by atoms with van der Waals surface area (Å²) in [7, 11) is -0.294. The second kappa shape index (κ2) is 9.80. The predicted molar refractivity (Wildman–Crippen MR) is 128 cm³/mol. The van der Waals surface area contributed by atoms with E-state index in [1.54, 1.807) is 20.3 Å². The van der Waals surface area contributed by atoms with Crippen LogP contribution < -0.4 is 14.8 Å². The van der Waals surface area contributed by atoms with Crippen LogP contribution in [0.2, 0.25) is 0 Å². The van der Waals surface area contributed by atoms with Crippen LogP contribution in [-0.2, 0) is 23.0 Å². The molecule has 4 rings (SSSR count). The quantitative estimate of drug-likeness (QED) is 0.513. The van der Waals surface area contributed by atoms with Crippen LogP contribution in [0.25, 0.3) is 10.8 Å². The third kappa shape index (κ3) is 5.12. The third-order valence-corrected chi connectivity index (χ3v) is 7.86. The summed E-state index contributed by atoms with van der Waals surface area (Å²) in [4.78, 5) is 12.5. The molecule has 1 heterocycles. The zero-order chi connectivity index (χ0) is 23.4. The van der Waals surface area contributed by atoms with Crippen molar-refractivity contribution in [3.63, 3.8) is 0 Å². The molecule has 174 valence electrons. The summed E-state index contributed by atoms with van der Waals surface area (Å²) in [5, 5.41) is 4.89. The molecule has 33 heavy (non-hydrogen) atoms. The standard InChI is InChI=1S/C25H28N2O5S/c1-31-23-15-20-10-12-27(17-22(20)16-24(23)32-2)33(29,30)13-5-11-26-25(28)21-9-8-18-6-3-4-7-19(18)14-21/h3-4,6-9,14-16H,5,10-13,17H2,1-2H3,(H,26,28). The van der Waals surface area contributed by atoms with Crippen LogP contribution in [-0.4, -0.2) is 51.7 Å². The first-order valence-corrected chi connectivity index (χ1v) is 12.5. The molecule has 0 fully saturated rings. The van der Waals surface area contributed by atoms with E-state index in [0.29, 0.717) is 49.5 Å². The Morgan fingerprint density at radius 1 is 0.970 bits per heavy atom. The molecule has 8 heteroatoms. The molecule has 7 nitrogen and oxygen atoms in total. The Balaban J connectivity index is 1.32. The minimum atomic E-state index is -3.44. The topological polar surface area (TPSA) is 84.9 Å². The predicted octanol–water partition coefficient (Wildman–Crippen LogP) is 3.37. The number of amides is 1. The highest BCUT2D eigenvalue weighted by Gasteiger charge is 2.27. The summed E-state index contributed by atoms with van der Waals surface area (Å²) >= 11 is 0. The van der Waals surface area contributed by atoms with Crippen LogP contribution in [0.3, 0.4) is 0 Å². The average Bonchev–Trinajstić information content (AvgIpc) is 2.84. The Bertz CT molecular complexity index is 1270. The highest BCUT2D eigenvalue weighted by Crippen LogP contribution is 2.33. The lowest BCUT2D eigenvalue weighted by Gasteiger charge is -2.29. The smallest absolute Gasteiger partial charge is 0.251 e. The molecule has 0 atom stereocenters. The lowest BCUT2D eigenvalue weighted by atomic mass is 10.0. The molecule has 1 N–H and O–H groups in total. The number of nitrogens with one attached hydrogen (secondary N) is 1. The first kappa shape index (κ1) is 23.1. The van der Waals surface area contributed by atoms with Gasteiger partial charge in [-0.15, -0.1) is 0 Å². The Hall–Kier alpha value is -3.10. The zero-order valence-corrected chi connectivity index (χ0v) is 19.7. The normalized spacial score (nSPS) is 14.0. The van der Waals surface area contributed by atoms with Crippen molar-refractivity contribution in [1.82, 2.24) is 9.62 Å². The first-order chi connectivity index (χ1) is 15.9. The summed E-state index contributed by atoms with van der Waals surface area (Å²) in [5.74, 6) is 1.01. The number of fused-ring (bicyclic) bond motifs is 2. The highest BCUT2D eigenvalue weighted by molar-refractivity contribution is 7.89. The number of methoxy groups -OCH3 is 2. The molecule has 0 aliphatic carbocycles. The van der Waals surface area contributed by atoms with Gasteiger partial charge in [0.2, 0.25) is 10.0 Å². The van der Waals surface area contributed by atoms with E-state index in [2.05, 4.69) is 5.32 Å². The molecule has 3 aromatic rings. The van der Waals surface area contributed by atoms with Crippen LogP contribution >= 0.6 is 0 Å². The van der Waals surface area contributed by atoms with E-state index < -0.39 is 10.0 Å². The monoisotopic (exact) mass is 468 g/mol. The van der Waals surface area contributed by atoms with Gasteiger partial charge in [-0.2, -0.15) is 4.31 Å². The van der Waals surface area contributed by atoms with Crippen LogP contribution in [0, 0.1) is 0 Å². The number of carbonyl (C=O) groups is 1. The molecule has 0 unspecified atom stereocenters. The number of ether oxygens (including phenoxy) is 2. The Labute approximate surface area is 194 Å². The van der Waals surface area contributed by atoms with Gasteiger partial charge in [-0.05, 0) is 59.0 Å². The molecule has 3 aromatic carbocycles. The molecule has 1 aliphatic rings. The fourth-order valence-corrected chi connectivity index (χ4v) is 5.59. The molecule has 0 saturated heterocycles. The van der Waals surface area contributed by atoms with Crippen molar-refractivity contribution in [1.29, 1.82) is 0 Å². The molecule has 0 aromatic heterocycles. The second-order valence-corrected chi connectivity index (χ2v) is 10.1. The fourth-order valence-electron chi connectivity index (χ4n) is 4.11. The number of rotatable bonds is 8. The van der Waals surface area contributed by atoms with E-state index in [0.717, 1.165) is 21.9 Å². The summed E-state index contributed by atoms with van der Waals surface area (Å²) in [6, 6.07) is 17.1. The van der Waals surface area contributed by atoms with Crippen molar-refractivity contribution in [2.24, 2.45) is 0 Å². The van der Waals surface area contributed by atoms with Crippen molar-refractivity contribution in [3.05, 3.63) is 71.3 Å². The fraction of sp³-hybridized carbons (Fsp3) is 0.320. The Morgan fingerprint density at radius 3 is 2.39 bits per heavy atom. The minimum Gasteiger partial charge on any atom is -0.493 e. The summed E-state index contributed by atoms with van der Waals surface area (Å²) in [5.41, 5.74) is 2.56. The maximum Gasteiger partial charge on any atom is 0.251 e. The van der Waals surface area contributed by atoms with Gasteiger partial charge in [-0.3, -0.25) is 4.79 Å². The van der Waals surface area contributed by atoms with Crippen LogP contribution in [0.5, 0.6) is 11.5 Å². The minimum absolute atomic E-state index is 0.0202. The number of benzene rings is 3. The molecule has 0 saturated carbocycles. The molecule has 0 spiro atoms. The van der Waals surface area contributed by atoms with Gasteiger partial charge in [-0.1, -0.05) is 30.3 Å². The van der Waals surface area contributed by atoms with E-state index in [9.17, 15) is 13.2 Å². The number of sulfonamides is 1. The summed E-state index contributed by atoms with van der Waals surface area (Å²) in [6.07, 6.45) is 0.963. The van der Waals surface area contributed by atoms with E-state index >= 15 is 0 Å². The molecular weight excluding hydrogens is 440 g/mol. The van der Waals surface area contributed by atoms with Gasteiger partial charge < -0.3 is 14.8 Å². The summed E-state index contributed by atoms with van der Waals surface area (Å²) < 4.78 is 38.0. The second-order valence-electron chi connectivity index (χ2n) is 8.05. The first-order valence-electron chi connectivity index (χ1n) is 10.9. The molecular formula is C25H28N2O5S. The van der Waals surface area contributed by atoms with Crippen molar-refractivity contribution in [2.45, 2.75) is 19.4 Å². The Morgan fingerprint density at radius 2 is 1.67 bits per heavy atom. The van der Waals surface area contributed by atoms with Gasteiger partial charge in [0, 0.05) is 25.2 Å². The molecule has 1 aliphatic heterocycles. The molecule has 1 amide bonds. The number of hydrogen-bond donors (Lipinski definition) is 1. The molecule has 0 bridgehead atoms. The van der Waals surface area contributed by atoms with E-state index in [-0.39, 0.29) is 11.7 Å². The van der Waals surface area contributed by atoms with Gasteiger partial charge in [-0.25, -0.2) is 8.42 Å². The van der Waals surface area contributed by atoms with Gasteiger partial charge in [0.15, 0.2) is 11.5 Å². The van der Waals surface area contributed by atoms with Crippen molar-refractivity contribution in [3.8, 4) is 11.5 Å². The SMILES string of the molecule is COc1cc2c(cc1OC)CN(S(=O)(=O)CCCNC(=O)c1ccc3ccccc3c1)CC2. The van der Waals surface area contributed by atoms with Crippen molar-refractivity contribution >= 4 is 26.7 Å². The summed E-state index contributed by atoms with van der Waals surface area (Å²) in [6.45, 7) is 1.02. The maximum atomic E-state index is 12.9. The van der Waals surface area contributed by atoms with E-state index in [1.807, 2.05) is 48.5 Å². The van der Waals surface area contributed by atoms with Crippen LogP contribution in [0.15, 0.2) is 54.6 Å². The largest absolute Gasteiger partial charge is 0.493 e. The number of hydrogen-bond acceptors (Lipinski definition) is 5. The van der Waals surface area contributed by atoms with Crippen LogP contribution in [0.4, 0.5) is 0 Å².